The number of H-pyrrole nitrogens is 1. The van der Waals surface area contributed by atoms with Crippen molar-refractivity contribution in [3.05, 3.63) is 120 Å². The zero-order valence-electron chi connectivity index (χ0n) is 17.6. The third-order valence-corrected chi connectivity index (χ3v) is 5.72. The smallest absolute Gasteiger partial charge is 0.224 e. The van der Waals surface area contributed by atoms with E-state index in [1.807, 2.05) is 66.9 Å². The van der Waals surface area contributed by atoms with Crippen molar-refractivity contribution in [2.45, 2.75) is 12.3 Å². The molecule has 0 aliphatic heterocycles. The molecule has 0 aliphatic rings. The van der Waals surface area contributed by atoms with Crippen LogP contribution < -0.4 is 5.32 Å². The van der Waals surface area contributed by atoms with E-state index in [4.69, 9.17) is 0 Å². The number of hydrogen-bond acceptors (Lipinski definition) is 2. The lowest BCUT2D eigenvalue weighted by molar-refractivity contribution is -0.120. The molecule has 32 heavy (non-hydrogen) atoms. The number of benzene rings is 3. The summed E-state index contributed by atoms with van der Waals surface area (Å²) in [5.41, 5.74) is 5.32. The van der Waals surface area contributed by atoms with Gasteiger partial charge >= 0.3 is 0 Å². The average Bonchev–Trinajstić information content (AvgIpc) is 3.48. The lowest BCUT2D eigenvalue weighted by Crippen LogP contribution is -2.30. The van der Waals surface area contributed by atoms with E-state index in [-0.39, 0.29) is 11.8 Å². The van der Waals surface area contributed by atoms with Crippen LogP contribution in [-0.2, 0) is 11.2 Å². The summed E-state index contributed by atoms with van der Waals surface area (Å²) < 4.78 is 1.79. The van der Waals surface area contributed by atoms with Crippen LogP contribution in [0.5, 0.6) is 0 Å². The number of nitrogens with zero attached hydrogens (tertiary/aromatic N) is 2. The van der Waals surface area contributed by atoms with Crippen molar-refractivity contribution in [2.75, 3.05) is 6.54 Å². The normalized spacial score (nSPS) is 12.0. The van der Waals surface area contributed by atoms with Gasteiger partial charge in [0.1, 0.15) is 0 Å². The van der Waals surface area contributed by atoms with Gasteiger partial charge in [0.25, 0.3) is 0 Å². The van der Waals surface area contributed by atoms with Gasteiger partial charge in [-0.2, -0.15) is 5.10 Å². The van der Waals surface area contributed by atoms with Crippen LogP contribution in [0.3, 0.4) is 0 Å². The number of carbonyl (C=O) groups excluding carboxylic acids is 1. The predicted molar refractivity (Wildman–Crippen MR) is 127 cm³/mol. The van der Waals surface area contributed by atoms with Gasteiger partial charge in [0.2, 0.25) is 5.91 Å². The molecule has 0 saturated carbocycles. The lowest BCUT2D eigenvalue weighted by atomic mass is 9.91. The second-order valence-corrected chi connectivity index (χ2v) is 7.86. The molecule has 0 aliphatic carbocycles. The average molecular weight is 421 g/mol. The Morgan fingerprint density at radius 3 is 2.47 bits per heavy atom. The van der Waals surface area contributed by atoms with Gasteiger partial charge in [-0.05, 0) is 34.9 Å². The van der Waals surface area contributed by atoms with E-state index in [1.54, 1.807) is 10.9 Å². The minimum absolute atomic E-state index is 0.0154. The molecule has 5 aromatic rings. The van der Waals surface area contributed by atoms with Crippen LogP contribution >= 0.6 is 0 Å². The molecule has 5 rings (SSSR count). The molecule has 5 heteroatoms. The molecule has 158 valence electrons. The summed E-state index contributed by atoms with van der Waals surface area (Å²) in [4.78, 5) is 16.1. The van der Waals surface area contributed by atoms with E-state index >= 15 is 0 Å². The maximum atomic E-state index is 12.8. The molecule has 0 bridgehead atoms. The van der Waals surface area contributed by atoms with Crippen molar-refractivity contribution < 1.29 is 4.79 Å². The van der Waals surface area contributed by atoms with Gasteiger partial charge in [-0.1, -0.05) is 66.7 Å². The van der Waals surface area contributed by atoms with E-state index in [2.05, 4.69) is 45.9 Å². The Kier molecular flexibility index (Phi) is 5.54. The molecule has 0 fully saturated rings. The van der Waals surface area contributed by atoms with Gasteiger partial charge in [0, 0.05) is 35.8 Å². The first-order valence-corrected chi connectivity index (χ1v) is 10.7. The first-order chi connectivity index (χ1) is 15.8. The Labute approximate surface area is 186 Å². The fraction of sp³-hybridized carbons (Fsp3) is 0.111. The first kappa shape index (κ1) is 19.8. The van der Waals surface area contributed by atoms with Crippen molar-refractivity contribution in [1.29, 1.82) is 0 Å². The fourth-order valence-corrected chi connectivity index (χ4v) is 4.11. The molecule has 5 nitrogen and oxygen atoms in total. The molecule has 0 saturated heterocycles. The molecule has 2 N–H and O–H groups in total. The minimum atomic E-state index is -0.0154. The Bertz CT molecular complexity index is 1320. The zero-order valence-corrected chi connectivity index (χ0v) is 17.6. The fourth-order valence-electron chi connectivity index (χ4n) is 4.11. The number of nitrogens with one attached hydrogen (secondary N) is 2. The topological polar surface area (TPSA) is 62.7 Å². The number of aromatic amines is 1. The maximum absolute atomic E-state index is 12.8. The van der Waals surface area contributed by atoms with Crippen LogP contribution in [0.2, 0.25) is 0 Å². The van der Waals surface area contributed by atoms with E-state index in [0.717, 1.165) is 16.8 Å². The highest BCUT2D eigenvalue weighted by molar-refractivity contribution is 5.84. The molecule has 0 unspecified atom stereocenters. The van der Waals surface area contributed by atoms with Gasteiger partial charge < -0.3 is 10.3 Å². The van der Waals surface area contributed by atoms with Crippen molar-refractivity contribution in [3.8, 4) is 5.69 Å². The monoisotopic (exact) mass is 420 g/mol. The van der Waals surface area contributed by atoms with Crippen molar-refractivity contribution in [3.63, 3.8) is 0 Å². The van der Waals surface area contributed by atoms with E-state index in [9.17, 15) is 4.79 Å². The van der Waals surface area contributed by atoms with Crippen LogP contribution in [0.4, 0.5) is 0 Å². The Balaban J connectivity index is 1.32. The summed E-state index contributed by atoms with van der Waals surface area (Å²) >= 11 is 0. The van der Waals surface area contributed by atoms with Crippen molar-refractivity contribution >= 4 is 16.8 Å². The molecular weight excluding hydrogens is 396 g/mol. The highest BCUT2D eigenvalue weighted by atomic mass is 16.1. The highest BCUT2D eigenvalue weighted by Gasteiger charge is 2.19. The number of aromatic nitrogens is 3. The van der Waals surface area contributed by atoms with Gasteiger partial charge in [0.15, 0.2) is 0 Å². The van der Waals surface area contributed by atoms with Gasteiger partial charge in [-0.3, -0.25) is 4.79 Å². The quantitative estimate of drug-likeness (QED) is 0.396. The molecule has 1 atom stereocenters. The second-order valence-electron chi connectivity index (χ2n) is 7.86. The summed E-state index contributed by atoms with van der Waals surface area (Å²) in [5.74, 6) is 0.0433. The maximum Gasteiger partial charge on any atom is 0.224 e. The third kappa shape index (κ3) is 4.18. The summed E-state index contributed by atoms with van der Waals surface area (Å²) in [7, 11) is 0. The number of rotatable bonds is 7. The number of hydrogen-bond donors (Lipinski definition) is 2. The van der Waals surface area contributed by atoms with Crippen LogP contribution in [0.1, 0.15) is 22.6 Å². The number of carbonyl (C=O) groups is 1. The predicted octanol–water partition coefficient (Wildman–Crippen LogP) is 4.84. The van der Waals surface area contributed by atoms with Crippen LogP contribution in [0.15, 0.2) is 104 Å². The van der Waals surface area contributed by atoms with Crippen LogP contribution in [-0.4, -0.2) is 27.2 Å². The first-order valence-electron chi connectivity index (χ1n) is 10.7. The Morgan fingerprint density at radius 2 is 1.66 bits per heavy atom. The van der Waals surface area contributed by atoms with Crippen molar-refractivity contribution in [1.82, 2.24) is 20.1 Å². The molecule has 2 heterocycles. The largest absolute Gasteiger partial charge is 0.361 e. The zero-order chi connectivity index (χ0) is 21.8. The number of fused-ring (bicyclic) bond motifs is 1. The molecule has 2 aromatic heterocycles. The van der Waals surface area contributed by atoms with E-state index < -0.39 is 0 Å². The van der Waals surface area contributed by atoms with E-state index in [0.29, 0.717) is 13.0 Å². The van der Waals surface area contributed by atoms with Crippen LogP contribution in [0.25, 0.3) is 16.6 Å². The van der Waals surface area contributed by atoms with Gasteiger partial charge in [-0.25, -0.2) is 4.68 Å². The summed E-state index contributed by atoms with van der Waals surface area (Å²) in [6, 6.07) is 28.5. The Hall–Kier alpha value is -4.12. The van der Waals surface area contributed by atoms with Crippen molar-refractivity contribution in [2.24, 2.45) is 0 Å². The number of para-hydroxylation sites is 2. The molecular formula is C27H24N4O. The van der Waals surface area contributed by atoms with Gasteiger partial charge in [0.05, 0.1) is 18.3 Å². The summed E-state index contributed by atoms with van der Waals surface area (Å²) in [6.07, 6.45) is 6.00. The molecule has 3 aromatic carbocycles. The Morgan fingerprint density at radius 1 is 0.938 bits per heavy atom. The second kappa shape index (κ2) is 8.94. The minimum Gasteiger partial charge on any atom is -0.361 e. The van der Waals surface area contributed by atoms with E-state index in [1.165, 1.54) is 16.5 Å². The number of amides is 1. The standard InChI is InChI=1S/C27H24N4O/c32-27(15-20-16-30-31(19-20)22-11-5-2-6-12-22)29-17-24(21-9-3-1-4-10-21)25-18-28-26-14-8-7-13-23(25)26/h1-14,16,18-19,24,28H,15,17H2,(H,29,32)/t24-/m1/s1. The molecule has 0 radical (unpaired) electrons. The lowest BCUT2D eigenvalue weighted by Gasteiger charge is -2.18. The molecule has 1 amide bonds. The summed E-state index contributed by atoms with van der Waals surface area (Å²) in [5, 5.41) is 8.71. The summed E-state index contributed by atoms with van der Waals surface area (Å²) in [6.45, 7) is 0.525. The third-order valence-electron chi connectivity index (χ3n) is 5.72. The van der Waals surface area contributed by atoms with Gasteiger partial charge in [-0.15, -0.1) is 0 Å². The highest BCUT2D eigenvalue weighted by Crippen LogP contribution is 2.30. The molecule has 0 spiro atoms. The SMILES string of the molecule is O=C(Cc1cnn(-c2ccccc2)c1)NC[C@H](c1ccccc1)c1c[nH]c2ccccc12. The van der Waals surface area contributed by atoms with Crippen LogP contribution in [0, 0.1) is 0 Å².